The summed E-state index contributed by atoms with van der Waals surface area (Å²) in [6.07, 6.45) is 2.97. The van der Waals surface area contributed by atoms with Crippen LogP contribution in [0.1, 0.15) is 25.8 Å². The molecule has 1 aromatic heterocycles. The number of aromatic nitrogens is 1. The van der Waals surface area contributed by atoms with Gasteiger partial charge in [-0.2, -0.15) is 0 Å². The van der Waals surface area contributed by atoms with E-state index >= 15 is 0 Å². The highest BCUT2D eigenvalue weighted by atomic mass is 16.1. The van der Waals surface area contributed by atoms with Crippen LogP contribution in [0, 0.1) is 6.92 Å². The smallest absolute Gasteiger partial charge is 0.250 e. The van der Waals surface area contributed by atoms with Gasteiger partial charge in [0.25, 0.3) is 5.56 Å². The summed E-state index contributed by atoms with van der Waals surface area (Å²) in [5.74, 6) is 0. The second-order valence-electron chi connectivity index (χ2n) is 4.00. The Hall–Kier alpha value is -1.09. The third kappa shape index (κ3) is 3.88. The van der Waals surface area contributed by atoms with E-state index in [1.54, 1.807) is 10.6 Å². The van der Waals surface area contributed by atoms with Crippen molar-refractivity contribution in [2.45, 2.75) is 39.8 Å². The van der Waals surface area contributed by atoms with Crippen molar-refractivity contribution in [2.24, 2.45) is 0 Å². The molecule has 3 heteroatoms. The van der Waals surface area contributed by atoms with Gasteiger partial charge in [-0.05, 0) is 31.9 Å². The summed E-state index contributed by atoms with van der Waals surface area (Å²) in [5, 5.41) is 3.36. The zero-order valence-corrected chi connectivity index (χ0v) is 9.79. The third-order valence-electron chi connectivity index (χ3n) is 2.61. The normalized spacial score (nSPS) is 12.7. The van der Waals surface area contributed by atoms with Gasteiger partial charge < -0.3 is 9.88 Å². The molecular formula is C12H20N2O. The molecule has 1 heterocycles. The van der Waals surface area contributed by atoms with Gasteiger partial charge in [-0.15, -0.1) is 0 Å². The van der Waals surface area contributed by atoms with Crippen LogP contribution in [0.3, 0.4) is 0 Å². The van der Waals surface area contributed by atoms with Crippen molar-refractivity contribution in [2.75, 3.05) is 6.54 Å². The molecule has 0 aliphatic heterocycles. The summed E-state index contributed by atoms with van der Waals surface area (Å²) < 4.78 is 1.74. The Labute approximate surface area is 91.1 Å². The second kappa shape index (κ2) is 5.71. The Morgan fingerprint density at radius 2 is 2.27 bits per heavy atom. The minimum atomic E-state index is 0.0842. The Balaban J connectivity index is 2.48. The molecule has 1 unspecified atom stereocenters. The number of nitrogens with zero attached hydrogens (tertiary/aromatic N) is 1. The van der Waals surface area contributed by atoms with E-state index in [0.717, 1.165) is 25.1 Å². The van der Waals surface area contributed by atoms with Crippen LogP contribution < -0.4 is 10.9 Å². The van der Waals surface area contributed by atoms with Crippen molar-refractivity contribution in [3.63, 3.8) is 0 Å². The molecule has 0 aromatic carbocycles. The molecule has 0 spiro atoms. The fraction of sp³-hybridized carbons (Fsp3) is 0.583. The van der Waals surface area contributed by atoms with Crippen LogP contribution in [0.15, 0.2) is 23.1 Å². The maximum atomic E-state index is 11.5. The van der Waals surface area contributed by atoms with Crippen LogP contribution >= 0.6 is 0 Å². The Bertz CT molecular complexity index is 357. The lowest BCUT2D eigenvalue weighted by molar-refractivity contribution is 0.500. The SMILES string of the molecule is CCC(C)NCCn1ccc(C)cc1=O. The molecule has 3 nitrogen and oxygen atoms in total. The van der Waals surface area contributed by atoms with E-state index in [0.29, 0.717) is 6.04 Å². The summed E-state index contributed by atoms with van der Waals surface area (Å²) in [7, 11) is 0. The molecule has 1 aromatic rings. The van der Waals surface area contributed by atoms with Crippen LogP contribution in [0.25, 0.3) is 0 Å². The lowest BCUT2D eigenvalue weighted by atomic mass is 10.2. The molecule has 0 radical (unpaired) electrons. The van der Waals surface area contributed by atoms with E-state index in [1.165, 1.54) is 0 Å². The minimum Gasteiger partial charge on any atom is -0.314 e. The van der Waals surface area contributed by atoms with Crippen LogP contribution in [0.4, 0.5) is 0 Å². The van der Waals surface area contributed by atoms with E-state index in [4.69, 9.17) is 0 Å². The number of rotatable bonds is 5. The highest BCUT2D eigenvalue weighted by Crippen LogP contribution is 1.91. The molecule has 0 bridgehead atoms. The van der Waals surface area contributed by atoms with Crippen molar-refractivity contribution >= 4 is 0 Å². The van der Waals surface area contributed by atoms with E-state index in [1.807, 2.05) is 19.2 Å². The molecule has 0 saturated heterocycles. The van der Waals surface area contributed by atoms with Gasteiger partial charge in [0.15, 0.2) is 0 Å². The Kier molecular flexibility index (Phi) is 4.56. The van der Waals surface area contributed by atoms with Gasteiger partial charge in [0.05, 0.1) is 0 Å². The molecule has 1 N–H and O–H groups in total. The second-order valence-corrected chi connectivity index (χ2v) is 4.00. The van der Waals surface area contributed by atoms with Crippen molar-refractivity contribution in [1.29, 1.82) is 0 Å². The van der Waals surface area contributed by atoms with E-state index in [2.05, 4.69) is 19.2 Å². The maximum Gasteiger partial charge on any atom is 0.250 e. The lowest BCUT2D eigenvalue weighted by Crippen LogP contribution is -2.31. The van der Waals surface area contributed by atoms with Crippen LogP contribution in [-0.4, -0.2) is 17.2 Å². The van der Waals surface area contributed by atoms with Crippen LogP contribution in [-0.2, 0) is 6.54 Å². The summed E-state index contributed by atoms with van der Waals surface area (Å²) in [6, 6.07) is 4.15. The highest BCUT2D eigenvalue weighted by Gasteiger charge is 1.98. The number of pyridine rings is 1. The van der Waals surface area contributed by atoms with E-state index in [9.17, 15) is 4.79 Å². The standard InChI is InChI=1S/C12H20N2O/c1-4-11(3)13-6-8-14-7-5-10(2)9-12(14)15/h5,7,9,11,13H,4,6,8H2,1-3H3. The molecule has 84 valence electrons. The minimum absolute atomic E-state index is 0.0842. The Morgan fingerprint density at radius 1 is 1.53 bits per heavy atom. The predicted molar refractivity (Wildman–Crippen MR) is 63.2 cm³/mol. The predicted octanol–water partition coefficient (Wildman–Crippen LogP) is 1.54. The molecule has 15 heavy (non-hydrogen) atoms. The van der Waals surface area contributed by atoms with Crippen molar-refractivity contribution in [3.8, 4) is 0 Å². The van der Waals surface area contributed by atoms with Crippen LogP contribution in [0.2, 0.25) is 0 Å². The Morgan fingerprint density at radius 3 is 2.87 bits per heavy atom. The van der Waals surface area contributed by atoms with Gasteiger partial charge in [-0.25, -0.2) is 0 Å². The monoisotopic (exact) mass is 208 g/mol. The first-order chi connectivity index (χ1) is 7.13. The number of aryl methyl sites for hydroxylation is 1. The highest BCUT2D eigenvalue weighted by molar-refractivity contribution is 5.07. The fourth-order valence-corrected chi connectivity index (χ4v) is 1.37. The third-order valence-corrected chi connectivity index (χ3v) is 2.61. The van der Waals surface area contributed by atoms with Crippen molar-refractivity contribution < 1.29 is 0 Å². The summed E-state index contributed by atoms with van der Waals surface area (Å²) in [5.41, 5.74) is 1.10. The van der Waals surface area contributed by atoms with Gasteiger partial charge in [-0.3, -0.25) is 4.79 Å². The van der Waals surface area contributed by atoms with Gasteiger partial charge in [0.1, 0.15) is 0 Å². The molecule has 0 aliphatic rings. The number of nitrogens with one attached hydrogen (secondary N) is 1. The van der Waals surface area contributed by atoms with Crippen molar-refractivity contribution in [3.05, 3.63) is 34.2 Å². The first-order valence-electron chi connectivity index (χ1n) is 5.54. The zero-order chi connectivity index (χ0) is 11.3. The topological polar surface area (TPSA) is 34.0 Å². The summed E-state index contributed by atoms with van der Waals surface area (Å²) in [6.45, 7) is 7.82. The molecule has 1 atom stereocenters. The first kappa shape index (κ1) is 12.0. The summed E-state index contributed by atoms with van der Waals surface area (Å²) in [4.78, 5) is 11.5. The van der Waals surface area contributed by atoms with E-state index < -0.39 is 0 Å². The van der Waals surface area contributed by atoms with Gasteiger partial charge in [-0.1, -0.05) is 6.92 Å². The average molecular weight is 208 g/mol. The molecule has 0 saturated carbocycles. The number of hydrogen-bond donors (Lipinski definition) is 1. The summed E-state index contributed by atoms with van der Waals surface area (Å²) >= 11 is 0. The van der Waals surface area contributed by atoms with Gasteiger partial charge in [0, 0.05) is 31.4 Å². The van der Waals surface area contributed by atoms with Crippen molar-refractivity contribution in [1.82, 2.24) is 9.88 Å². The first-order valence-corrected chi connectivity index (χ1v) is 5.54. The number of hydrogen-bond acceptors (Lipinski definition) is 2. The average Bonchev–Trinajstić information content (AvgIpc) is 2.21. The quantitative estimate of drug-likeness (QED) is 0.796. The molecule has 1 rings (SSSR count). The zero-order valence-electron chi connectivity index (χ0n) is 9.79. The molecule has 0 aliphatic carbocycles. The van der Waals surface area contributed by atoms with Gasteiger partial charge in [0.2, 0.25) is 0 Å². The molecule has 0 fully saturated rings. The largest absolute Gasteiger partial charge is 0.314 e. The van der Waals surface area contributed by atoms with Crippen LogP contribution in [0.5, 0.6) is 0 Å². The van der Waals surface area contributed by atoms with E-state index in [-0.39, 0.29) is 5.56 Å². The molecular weight excluding hydrogens is 188 g/mol. The maximum absolute atomic E-state index is 11.5. The lowest BCUT2D eigenvalue weighted by Gasteiger charge is -2.12. The fourth-order valence-electron chi connectivity index (χ4n) is 1.37. The molecule has 0 amide bonds. The van der Waals surface area contributed by atoms with Gasteiger partial charge >= 0.3 is 0 Å².